The van der Waals surface area contributed by atoms with Gasteiger partial charge in [0.05, 0.1) is 15.2 Å². The van der Waals surface area contributed by atoms with Crippen LogP contribution in [0, 0.1) is 0 Å². The molecule has 1 atom stereocenters. The van der Waals surface area contributed by atoms with Crippen molar-refractivity contribution in [3.63, 3.8) is 0 Å². The zero-order chi connectivity index (χ0) is 19.3. The summed E-state index contributed by atoms with van der Waals surface area (Å²) in [5.41, 5.74) is 1.10. The minimum absolute atomic E-state index is 0.338. The van der Waals surface area contributed by atoms with Gasteiger partial charge in [0.1, 0.15) is 0 Å². The van der Waals surface area contributed by atoms with Crippen molar-refractivity contribution in [1.29, 1.82) is 0 Å². The number of piperazine rings is 1. The van der Waals surface area contributed by atoms with Crippen LogP contribution in [0.25, 0.3) is 10.2 Å². The minimum atomic E-state index is 0.338. The van der Waals surface area contributed by atoms with Crippen molar-refractivity contribution in [3.05, 3.63) is 29.3 Å². The fourth-order valence-corrected chi connectivity index (χ4v) is 5.52. The Bertz CT molecular complexity index is 751. The number of amides is 1. The van der Waals surface area contributed by atoms with Crippen LogP contribution in [-0.4, -0.2) is 77.9 Å². The predicted molar refractivity (Wildman–Crippen MR) is 116 cm³/mol. The lowest BCUT2D eigenvalue weighted by molar-refractivity contribution is -0.133. The topological polar surface area (TPSA) is 39.7 Å². The maximum Gasteiger partial charge on any atom is 0.222 e. The molecule has 152 valence electrons. The fourth-order valence-electron chi connectivity index (χ4n) is 4.51. The number of para-hydroxylation sites is 1. The van der Waals surface area contributed by atoms with E-state index in [0.29, 0.717) is 18.4 Å². The van der Waals surface area contributed by atoms with Crippen LogP contribution in [0.15, 0.2) is 24.3 Å². The molecule has 1 amide bonds. The van der Waals surface area contributed by atoms with Gasteiger partial charge in [0.2, 0.25) is 5.91 Å². The zero-order valence-corrected chi connectivity index (χ0v) is 17.8. The fraction of sp³-hybridized carbons (Fsp3) is 0.636. The zero-order valence-electron chi connectivity index (χ0n) is 17.0. The Kier molecular flexibility index (Phi) is 6.60. The molecule has 1 unspecified atom stereocenters. The van der Waals surface area contributed by atoms with Crippen molar-refractivity contribution in [2.45, 2.75) is 44.6 Å². The number of hydrogen-bond acceptors (Lipinski definition) is 5. The van der Waals surface area contributed by atoms with Gasteiger partial charge in [-0.2, -0.15) is 0 Å². The van der Waals surface area contributed by atoms with E-state index in [4.69, 9.17) is 4.98 Å². The number of fused-ring (bicyclic) bond motifs is 1. The smallest absolute Gasteiger partial charge is 0.222 e. The summed E-state index contributed by atoms with van der Waals surface area (Å²) < 4.78 is 1.26. The summed E-state index contributed by atoms with van der Waals surface area (Å²) in [6.07, 6.45) is 6.27. The summed E-state index contributed by atoms with van der Waals surface area (Å²) in [6.45, 7) is 6.28. The van der Waals surface area contributed by atoms with Crippen molar-refractivity contribution >= 4 is 27.5 Å². The summed E-state index contributed by atoms with van der Waals surface area (Å²) in [7, 11) is 2.22. The van der Waals surface area contributed by atoms with Crippen molar-refractivity contribution in [1.82, 2.24) is 19.7 Å². The molecule has 2 aliphatic heterocycles. The Hall–Kier alpha value is -1.50. The largest absolute Gasteiger partial charge is 0.340 e. The number of thiazole rings is 1. The first-order valence-corrected chi connectivity index (χ1v) is 11.6. The molecule has 0 radical (unpaired) electrons. The number of aromatic nitrogens is 1. The predicted octanol–water partition coefficient (Wildman–Crippen LogP) is 3.25. The molecule has 0 spiro atoms. The van der Waals surface area contributed by atoms with E-state index in [9.17, 15) is 4.79 Å². The quantitative estimate of drug-likeness (QED) is 0.698. The maximum atomic E-state index is 12.6. The highest BCUT2D eigenvalue weighted by atomic mass is 32.1. The van der Waals surface area contributed by atoms with E-state index in [2.05, 4.69) is 39.9 Å². The number of aryl methyl sites for hydroxylation is 1. The highest BCUT2D eigenvalue weighted by molar-refractivity contribution is 7.18. The van der Waals surface area contributed by atoms with Crippen LogP contribution < -0.4 is 0 Å². The second-order valence-electron chi connectivity index (χ2n) is 8.26. The number of benzene rings is 1. The number of likely N-dealkylation sites (N-methyl/N-ethyl adjacent to an activating group) is 1. The molecule has 4 rings (SSSR count). The average molecular weight is 401 g/mol. The molecular weight excluding hydrogens is 368 g/mol. The Balaban J connectivity index is 1.15. The van der Waals surface area contributed by atoms with Gasteiger partial charge < -0.3 is 9.80 Å². The number of hydrogen-bond donors (Lipinski definition) is 0. The van der Waals surface area contributed by atoms with Crippen molar-refractivity contribution in [3.8, 4) is 0 Å². The van der Waals surface area contributed by atoms with E-state index in [-0.39, 0.29) is 0 Å². The van der Waals surface area contributed by atoms with Gasteiger partial charge in [0, 0.05) is 45.2 Å². The Morgan fingerprint density at radius 1 is 1.14 bits per heavy atom. The first-order chi connectivity index (χ1) is 13.7. The Morgan fingerprint density at radius 3 is 2.75 bits per heavy atom. The molecular formula is C22H32N4OS. The van der Waals surface area contributed by atoms with Crippen LogP contribution in [0.5, 0.6) is 0 Å². The highest BCUT2D eigenvalue weighted by Gasteiger charge is 2.28. The van der Waals surface area contributed by atoms with Gasteiger partial charge in [0.25, 0.3) is 0 Å². The van der Waals surface area contributed by atoms with Crippen LogP contribution in [0.3, 0.4) is 0 Å². The third-order valence-corrected chi connectivity index (χ3v) is 7.25. The van der Waals surface area contributed by atoms with Gasteiger partial charge in [-0.3, -0.25) is 9.69 Å². The number of carbonyl (C=O) groups is 1. The van der Waals surface area contributed by atoms with Crippen LogP contribution in [-0.2, 0) is 11.2 Å². The molecule has 3 heterocycles. The molecule has 0 N–H and O–H groups in total. The number of piperidine rings is 1. The third-order valence-electron chi connectivity index (χ3n) is 6.15. The van der Waals surface area contributed by atoms with Gasteiger partial charge in [-0.1, -0.05) is 12.1 Å². The van der Waals surface area contributed by atoms with Crippen LogP contribution >= 0.6 is 11.3 Å². The third kappa shape index (κ3) is 4.91. The SMILES string of the molecule is CN1CCCC(N2CCN(C(=O)CCCCc3nc4ccccc4s3)CC2)C1. The second-order valence-corrected chi connectivity index (χ2v) is 9.37. The van der Waals surface area contributed by atoms with E-state index in [0.717, 1.165) is 51.0 Å². The van der Waals surface area contributed by atoms with Crippen molar-refractivity contribution < 1.29 is 4.79 Å². The lowest BCUT2D eigenvalue weighted by Gasteiger charge is -2.42. The average Bonchev–Trinajstić information content (AvgIpc) is 3.14. The Labute approximate surface area is 172 Å². The van der Waals surface area contributed by atoms with Crippen molar-refractivity contribution in [2.75, 3.05) is 46.3 Å². The standard InChI is InChI=1S/C22H32N4OS/c1-24-12-6-7-18(17-24)25-13-15-26(16-14-25)22(27)11-5-4-10-21-23-19-8-2-3-9-20(19)28-21/h2-3,8-9,18H,4-7,10-17H2,1H3. The lowest BCUT2D eigenvalue weighted by Crippen LogP contribution is -2.55. The number of carbonyl (C=O) groups excluding carboxylic acids is 1. The van der Waals surface area contributed by atoms with Crippen LogP contribution in [0.2, 0.25) is 0 Å². The van der Waals surface area contributed by atoms with E-state index < -0.39 is 0 Å². The monoisotopic (exact) mass is 400 g/mol. The molecule has 0 saturated carbocycles. The molecule has 5 nitrogen and oxygen atoms in total. The molecule has 2 fully saturated rings. The van der Waals surface area contributed by atoms with Crippen LogP contribution in [0.1, 0.15) is 37.1 Å². The minimum Gasteiger partial charge on any atom is -0.340 e. The molecule has 6 heteroatoms. The summed E-state index contributed by atoms with van der Waals surface area (Å²) >= 11 is 1.78. The van der Waals surface area contributed by atoms with Crippen molar-refractivity contribution in [2.24, 2.45) is 0 Å². The first kappa shape index (κ1) is 19.8. The molecule has 2 aliphatic rings. The summed E-state index contributed by atoms with van der Waals surface area (Å²) in [6, 6.07) is 8.99. The first-order valence-electron chi connectivity index (χ1n) is 10.7. The molecule has 0 bridgehead atoms. The van der Waals surface area contributed by atoms with Gasteiger partial charge in [-0.15, -0.1) is 11.3 Å². The van der Waals surface area contributed by atoms with Gasteiger partial charge in [-0.25, -0.2) is 4.98 Å². The molecule has 1 aromatic heterocycles. The maximum absolute atomic E-state index is 12.6. The van der Waals surface area contributed by atoms with E-state index in [1.54, 1.807) is 11.3 Å². The van der Waals surface area contributed by atoms with E-state index in [1.807, 2.05) is 6.07 Å². The molecule has 2 aromatic rings. The highest BCUT2D eigenvalue weighted by Crippen LogP contribution is 2.23. The second kappa shape index (κ2) is 9.33. The number of unbranched alkanes of at least 4 members (excludes halogenated alkanes) is 1. The number of likely N-dealkylation sites (tertiary alicyclic amines) is 1. The van der Waals surface area contributed by atoms with E-state index >= 15 is 0 Å². The number of nitrogens with zero attached hydrogens (tertiary/aromatic N) is 4. The molecule has 1 aromatic carbocycles. The van der Waals surface area contributed by atoms with Gasteiger partial charge >= 0.3 is 0 Å². The summed E-state index contributed by atoms with van der Waals surface area (Å²) in [5.74, 6) is 0.338. The summed E-state index contributed by atoms with van der Waals surface area (Å²) in [5, 5.41) is 1.19. The van der Waals surface area contributed by atoms with Gasteiger partial charge in [-0.05, 0) is 57.8 Å². The van der Waals surface area contributed by atoms with Gasteiger partial charge in [0.15, 0.2) is 0 Å². The van der Waals surface area contributed by atoms with Crippen LogP contribution in [0.4, 0.5) is 0 Å². The Morgan fingerprint density at radius 2 is 1.96 bits per heavy atom. The lowest BCUT2D eigenvalue weighted by atomic mass is 10.0. The molecule has 28 heavy (non-hydrogen) atoms. The van der Waals surface area contributed by atoms with E-state index in [1.165, 1.54) is 35.6 Å². The summed E-state index contributed by atoms with van der Waals surface area (Å²) in [4.78, 5) is 24.4. The number of rotatable bonds is 6. The molecule has 0 aliphatic carbocycles. The molecule has 2 saturated heterocycles. The normalized spacial score (nSPS) is 22.0.